The van der Waals surface area contributed by atoms with Crippen LogP contribution in [-0.4, -0.2) is 54.2 Å². The lowest BCUT2D eigenvalue weighted by atomic mass is 9.89. The molecule has 20 heavy (non-hydrogen) atoms. The minimum atomic E-state index is -1.26. The third-order valence-electron chi connectivity index (χ3n) is 3.82. The number of likely N-dealkylation sites (tertiary alicyclic amines) is 1. The van der Waals surface area contributed by atoms with Gasteiger partial charge in [0.15, 0.2) is 0 Å². The smallest absolute Gasteiger partial charge is 0.326 e. The maximum atomic E-state index is 12.0. The Labute approximate surface area is 118 Å². The number of carboxylic acid groups (broad SMARTS) is 1. The summed E-state index contributed by atoms with van der Waals surface area (Å²) < 4.78 is 4.42. The number of rotatable bonds is 4. The van der Waals surface area contributed by atoms with Gasteiger partial charge in [-0.05, 0) is 18.3 Å². The fraction of sp³-hybridized carbons (Fsp3) is 0.769. The summed E-state index contributed by atoms with van der Waals surface area (Å²) in [7, 11) is 1.18. The number of nitrogens with zero attached hydrogens (tertiary/aromatic N) is 1. The standard InChI is InChI=1S/C13H22N2O5/c1-8-4-5-15(7-9(8)2)13(19)14-10(12(17)18)6-11(16)20-3/h8-10H,4-7H2,1-3H3,(H,14,19)(H,17,18)/t8?,9?,10-/m0/s1. The number of nitrogens with one attached hydrogen (secondary N) is 1. The second-order valence-corrected chi connectivity index (χ2v) is 5.31. The first-order valence-corrected chi connectivity index (χ1v) is 6.70. The van der Waals surface area contributed by atoms with Crippen molar-refractivity contribution in [2.75, 3.05) is 20.2 Å². The molecule has 0 aromatic carbocycles. The molecule has 1 heterocycles. The number of carbonyl (C=O) groups excluding carboxylic acids is 2. The molecule has 2 amide bonds. The van der Waals surface area contributed by atoms with Crippen LogP contribution in [0.1, 0.15) is 26.7 Å². The molecule has 2 unspecified atom stereocenters. The highest BCUT2D eigenvalue weighted by molar-refractivity contribution is 5.86. The molecule has 3 atom stereocenters. The van der Waals surface area contributed by atoms with Crippen molar-refractivity contribution in [1.82, 2.24) is 10.2 Å². The Morgan fingerprint density at radius 3 is 2.50 bits per heavy atom. The Kier molecular flexibility index (Phi) is 5.79. The molecule has 1 aliphatic heterocycles. The van der Waals surface area contributed by atoms with Crippen molar-refractivity contribution in [1.29, 1.82) is 0 Å². The molecule has 0 aliphatic carbocycles. The topological polar surface area (TPSA) is 95.9 Å². The number of urea groups is 1. The van der Waals surface area contributed by atoms with Crippen LogP contribution in [0.3, 0.4) is 0 Å². The summed E-state index contributed by atoms with van der Waals surface area (Å²) in [6.45, 7) is 5.39. The van der Waals surface area contributed by atoms with Gasteiger partial charge in [0.2, 0.25) is 0 Å². The van der Waals surface area contributed by atoms with Crippen LogP contribution >= 0.6 is 0 Å². The lowest BCUT2D eigenvalue weighted by Gasteiger charge is -2.35. The van der Waals surface area contributed by atoms with Crippen LogP contribution in [0.15, 0.2) is 0 Å². The highest BCUT2D eigenvalue weighted by Gasteiger charge is 2.29. The second-order valence-electron chi connectivity index (χ2n) is 5.31. The zero-order valence-corrected chi connectivity index (χ0v) is 12.1. The number of piperidine rings is 1. The van der Waals surface area contributed by atoms with Gasteiger partial charge in [-0.2, -0.15) is 0 Å². The molecule has 0 saturated carbocycles. The summed E-state index contributed by atoms with van der Waals surface area (Å²) in [6.07, 6.45) is 0.515. The van der Waals surface area contributed by atoms with Crippen LogP contribution in [0.4, 0.5) is 4.79 Å². The van der Waals surface area contributed by atoms with Crippen LogP contribution in [0.5, 0.6) is 0 Å². The maximum absolute atomic E-state index is 12.0. The highest BCUT2D eigenvalue weighted by Crippen LogP contribution is 2.22. The van der Waals surface area contributed by atoms with E-state index < -0.39 is 24.0 Å². The number of methoxy groups -OCH3 is 1. The van der Waals surface area contributed by atoms with Gasteiger partial charge in [-0.25, -0.2) is 9.59 Å². The average Bonchev–Trinajstić information content (AvgIpc) is 2.40. The molecule has 2 N–H and O–H groups in total. The predicted molar refractivity (Wildman–Crippen MR) is 71.1 cm³/mol. The molecule has 114 valence electrons. The van der Waals surface area contributed by atoms with E-state index in [9.17, 15) is 14.4 Å². The van der Waals surface area contributed by atoms with Gasteiger partial charge in [-0.1, -0.05) is 13.8 Å². The molecule has 7 heteroatoms. The van der Waals surface area contributed by atoms with Crippen LogP contribution in [0.25, 0.3) is 0 Å². The molecule has 1 aliphatic rings. The largest absolute Gasteiger partial charge is 0.480 e. The van der Waals surface area contributed by atoms with Crippen molar-refractivity contribution in [3.05, 3.63) is 0 Å². The van der Waals surface area contributed by atoms with Crippen molar-refractivity contribution < 1.29 is 24.2 Å². The van der Waals surface area contributed by atoms with E-state index >= 15 is 0 Å². The second kappa shape index (κ2) is 7.12. The van der Waals surface area contributed by atoms with Gasteiger partial charge in [0, 0.05) is 13.1 Å². The summed E-state index contributed by atoms with van der Waals surface area (Å²) in [5, 5.41) is 11.4. The van der Waals surface area contributed by atoms with Gasteiger partial charge < -0.3 is 20.1 Å². The zero-order valence-electron chi connectivity index (χ0n) is 12.1. The molecule has 0 radical (unpaired) electrons. The number of hydrogen-bond acceptors (Lipinski definition) is 4. The van der Waals surface area contributed by atoms with E-state index in [1.165, 1.54) is 7.11 Å². The first kappa shape index (κ1) is 16.3. The molecule has 1 rings (SSSR count). The van der Waals surface area contributed by atoms with Gasteiger partial charge >= 0.3 is 18.0 Å². The molecule has 0 aromatic heterocycles. The maximum Gasteiger partial charge on any atom is 0.326 e. The number of esters is 1. The minimum absolute atomic E-state index is 0.374. The zero-order chi connectivity index (χ0) is 15.3. The Morgan fingerprint density at radius 2 is 2.00 bits per heavy atom. The SMILES string of the molecule is COC(=O)C[C@H](NC(=O)N1CCC(C)C(C)C1)C(=O)O. The van der Waals surface area contributed by atoms with Crippen molar-refractivity contribution in [3.63, 3.8) is 0 Å². The predicted octanol–water partition coefficient (Wildman–Crippen LogP) is 0.690. The Morgan fingerprint density at radius 1 is 1.35 bits per heavy atom. The minimum Gasteiger partial charge on any atom is -0.480 e. The molecule has 0 aromatic rings. The van der Waals surface area contributed by atoms with Gasteiger partial charge in [-0.3, -0.25) is 4.79 Å². The molecular formula is C13H22N2O5. The van der Waals surface area contributed by atoms with Crippen molar-refractivity contribution in [3.8, 4) is 0 Å². The number of aliphatic carboxylic acids is 1. The van der Waals surface area contributed by atoms with E-state index in [2.05, 4.69) is 23.9 Å². The fourth-order valence-corrected chi connectivity index (χ4v) is 2.14. The Balaban J connectivity index is 2.58. The fourth-order valence-electron chi connectivity index (χ4n) is 2.14. The van der Waals surface area contributed by atoms with E-state index in [1.54, 1.807) is 4.90 Å². The molecule has 1 saturated heterocycles. The van der Waals surface area contributed by atoms with Crippen molar-refractivity contribution in [2.45, 2.75) is 32.7 Å². The van der Waals surface area contributed by atoms with Crippen LogP contribution < -0.4 is 5.32 Å². The van der Waals surface area contributed by atoms with Gasteiger partial charge in [0.1, 0.15) is 6.04 Å². The van der Waals surface area contributed by atoms with Crippen molar-refractivity contribution >= 4 is 18.0 Å². The molecule has 0 spiro atoms. The van der Waals surface area contributed by atoms with Crippen LogP contribution in [0.2, 0.25) is 0 Å². The quantitative estimate of drug-likeness (QED) is 0.741. The van der Waals surface area contributed by atoms with E-state index in [0.29, 0.717) is 24.9 Å². The number of amides is 2. The Bertz CT molecular complexity index is 385. The van der Waals surface area contributed by atoms with E-state index in [4.69, 9.17) is 5.11 Å². The third-order valence-corrected chi connectivity index (χ3v) is 3.82. The summed E-state index contributed by atoms with van der Waals surface area (Å²) in [5.41, 5.74) is 0. The lowest BCUT2D eigenvalue weighted by Crippen LogP contribution is -2.52. The average molecular weight is 286 g/mol. The summed E-state index contributed by atoms with van der Waals surface area (Å²) in [4.78, 5) is 35.8. The first-order valence-electron chi connectivity index (χ1n) is 6.70. The number of ether oxygens (including phenoxy) is 1. The van der Waals surface area contributed by atoms with Gasteiger partial charge in [0.05, 0.1) is 13.5 Å². The summed E-state index contributed by atoms with van der Waals surface area (Å²) >= 11 is 0. The summed E-state index contributed by atoms with van der Waals surface area (Å²) in [5.74, 6) is -0.997. The lowest BCUT2D eigenvalue weighted by molar-refractivity contribution is -0.147. The summed E-state index contributed by atoms with van der Waals surface area (Å²) in [6, 6.07) is -1.70. The number of hydrogen-bond donors (Lipinski definition) is 2. The van der Waals surface area contributed by atoms with Crippen LogP contribution in [-0.2, 0) is 14.3 Å². The highest BCUT2D eigenvalue weighted by atomic mass is 16.5. The molecule has 1 fully saturated rings. The van der Waals surface area contributed by atoms with Gasteiger partial charge in [-0.15, -0.1) is 0 Å². The van der Waals surface area contributed by atoms with E-state index in [-0.39, 0.29) is 6.42 Å². The number of carboxylic acids is 1. The van der Waals surface area contributed by atoms with E-state index in [1.807, 2.05) is 0 Å². The third kappa shape index (κ3) is 4.40. The number of carbonyl (C=O) groups is 3. The molecule has 7 nitrogen and oxygen atoms in total. The van der Waals surface area contributed by atoms with E-state index in [0.717, 1.165) is 6.42 Å². The first-order chi connectivity index (χ1) is 9.35. The monoisotopic (exact) mass is 286 g/mol. The van der Waals surface area contributed by atoms with Crippen LogP contribution in [0, 0.1) is 11.8 Å². The normalized spacial score (nSPS) is 23.9. The Hall–Kier alpha value is -1.79. The molecular weight excluding hydrogens is 264 g/mol. The molecule has 0 bridgehead atoms. The van der Waals surface area contributed by atoms with Crippen molar-refractivity contribution in [2.24, 2.45) is 11.8 Å². The van der Waals surface area contributed by atoms with Gasteiger partial charge in [0.25, 0.3) is 0 Å².